The molecule has 0 amide bonds. The molecule has 14 heteroatoms. The quantitative estimate of drug-likeness (QED) is 0.233. The van der Waals surface area contributed by atoms with Crippen molar-refractivity contribution < 1.29 is 17.9 Å². The number of nitrogens with zero attached hydrogens (tertiary/aromatic N) is 4. The van der Waals surface area contributed by atoms with Crippen molar-refractivity contribution in [3.05, 3.63) is 29.0 Å². The van der Waals surface area contributed by atoms with Crippen LogP contribution < -0.4 is 15.4 Å². The maximum Gasteiger partial charge on any atom is 0.253 e. The fourth-order valence-electron chi connectivity index (χ4n) is 3.94. The average Bonchev–Trinajstić information content (AvgIpc) is 3.58. The second kappa shape index (κ2) is 12.3. The summed E-state index contributed by atoms with van der Waals surface area (Å²) >= 11 is 1.94. The first-order valence-electron chi connectivity index (χ1n) is 12.0. The number of nitrogens with one attached hydrogen (secondary N) is 3. The maximum absolute atomic E-state index is 12.2. The highest BCUT2D eigenvalue weighted by atomic mass is 32.2. The number of anilines is 3. The van der Waals surface area contributed by atoms with Crippen LogP contribution in [-0.4, -0.2) is 78.4 Å². The molecule has 3 aromatic rings. The lowest BCUT2D eigenvalue weighted by Crippen LogP contribution is -2.44. The Morgan fingerprint density at radius 2 is 1.94 bits per heavy atom. The fourth-order valence-corrected chi connectivity index (χ4v) is 6.75. The van der Waals surface area contributed by atoms with Crippen molar-refractivity contribution in [3.8, 4) is 5.75 Å². The lowest BCUT2D eigenvalue weighted by molar-refractivity contribution is 0.152. The van der Waals surface area contributed by atoms with Crippen LogP contribution in [0.4, 0.5) is 17.3 Å². The molecule has 1 saturated heterocycles. The lowest BCUT2D eigenvalue weighted by Gasteiger charge is -2.32. The number of piperazine rings is 1. The van der Waals surface area contributed by atoms with Crippen molar-refractivity contribution in [2.45, 2.75) is 36.9 Å². The van der Waals surface area contributed by atoms with Gasteiger partial charge in [-0.05, 0) is 44.5 Å². The monoisotopic (exact) mass is 555 g/mol. The van der Waals surface area contributed by atoms with Crippen LogP contribution in [0.25, 0.3) is 0 Å². The number of rotatable bonds is 13. The van der Waals surface area contributed by atoms with Gasteiger partial charge in [-0.1, -0.05) is 6.92 Å². The number of furan rings is 1. The molecule has 0 aromatic carbocycles. The van der Waals surface area contributed by atoms with Crippen LogP contribution in [0, 0.1) is 0 Å². The lowest BCUT2D eigenvalue weighted by atomic mass is 10.1. The Hall–Kier alpha value is -2.23. The summed E-state index contributed by atoms with van der Waals surface area (Å²) in [4.78, 5) is 4.91. The van der Waals surface area contributed by atoms with E-state index in [4.69, 9.17) is 4.42 Å². The largest absolute Gasteiger partial charge is 0.504 e. The van der Waals surface area contributed by atoms with Gasteiger partial charge in [0, 0.05) is 38.1 Å². The SMILES string of the molecule is CCNS(=O)(=O)c1scc(Nc2nsnc2NCc2cc(CCCCN3CCN(C)CC3)co2)c1O. The summed E-state index contributed by atoms with van der Waals surface area (Å²) in [5.74, 6) is 1.34. The van der Waals surface area contributed by atoms with E-state index in [-0.39, 0.29) is 22.2 Å². The zero-order valence-corrected chi connectivity index (χ0v) is 22.9. The molecule has 4 heterocycles. The van der Waals surface area contributed by atoms with Crippen LogP contribution in [0.15, 0.2) is 26.3 Å². The van der Waals surface area contributed by atoms with E-state index >= 15 is 0 Å². The molecule has 0 radical (unpaired) electrons. The first-order chi connectivity index (χ1) is 17.4. The van der Waals surface area contributed by atoms with E-state index in [1.165, 1.54) is 17.4 Å². The number of hydrogen-bond donors (Lipinski definition) is 4. The van der Waals surface area contributed by atoms with Gasteiger partial charge in [0.2, 0.25) is 0 Å². The second-order valence-corrected chi connectivity index (χ2v) is 12.1. The predicted octanol–water partition coefficient (Wildman–Crippen LogP) is 3.12. The zero-order valence-electron chi connectivity index (χ0n) is 20.5. The van der Waals surface area contributed by atoms with Crippen LogP contribution in [0.3, 0.4) is 0 Å². The first kappa shape index (κ1) is 26.8. The van der Waals surface area contributed by atoms with Crippen molar-refractivity contribution in [2.24, 2.45) is 0 Å². The molecule has 4 N–H and O–H groups in total. The van der Waals surface area contributed by atoms with Crippen LogP contribution in [-0.2, 0) is 23.0 Å². The third-order valence-corrected chi connectivity index (χ3v) is 9.56. The Labute approximate surface area is 219 Å². The van der Waals surface area contributed by atoms with Gasteiger partial charge in [0.15, 0.2) is 21.6 Å². The van der Waals surface area contributed by atoms with Crippen molar-refractivity contribution in [1.29, 1.82) is 0 Å². The van der Waals surface area contributed by atoms with E-state index in [0.29, 0.717) is 18.2 Å². The van der Waals surface area contributed by atoms with E-state index in [1.807, 2.05) is 0 Å². The minimum atomic E-state index is -3.76. The van der Waals surface area contributed by atoms with Crippen molar-refractivity contribution in [2.75, 3.05) is 56.9 Å². The molecule has 4 rings (SSSR count). The van der Waals surface area contributed by atoms with E-state index < -0.39 is 10.0 Å². The Morgan fingerprint density at radius 3 is 2.72 bits per heavy atom. The molecule has 0 saturated carbocycles. The normalized spacial score (nSPS) is 15.4. The molecular weight excluding hydrogens is 522 g/mol. The number of unbranched alkanes of at least 4 members (excludes halogenated alkanes) is 1. The number of aryl methyl sites for hydroxylation is 1. The highest BCUT2D eigenvalue weighted by Crippen LogP contribution is 2.39. The fraction of sp³-hybridized carbons (Fsp3) is 0.545. The van der Waals surface area contributed by atoms with Crippen LogP contribution in [0.1, 0.15) is 31.1 Å². The number of likely N-dealkylation sites (N-methyl/N-ethyl adjacent to an activating group) is 1. The summed E-state index contributed by atoms with van der Waals surface area (Å²) in [5.41, 5.74) is 1.43. The van der Waals surface area contributed by atoms with E-state index in [2.05, 4.69) is 47.0 Å². The number of thiophene rings is 1. The summed E-state index contributed by atoms with van der Waals surface area (Å²) < 4.78 is 40.9. The summed E-state index contributed by atoms with van der Waals surface area (Å²) in [5, 5.41) is 18.1. The maximum atomic E-state index is 12.2. The smallest absolute Gasteiger partial charge is 0.253 e. The molecule has 1 fully saturated rings. The molecule has 0 atom stereocenters. The van der Waals surface area contributed by atoms with Crippen LogP contribution >= 0.6 is 23.1 Å². The third-order valence-electron chi connectivity index (χ3n) is 5.98. The summed E-state index contributed by atoms with van der Waals surface area (Å²) in [6.07, 6.45) is 5.09. The number of aromatic hydroxyl groups is 1. The average molecular weight is 556 g/mol. The highest BCUT2D eigenvalue weighted by Gasteiger charge is 2.24. The number of aromatic nitrogens is 2. The van der Waals surface area contributed by atoms with Crippen molar-refractivity contribution in [1.82, 2.24) is 23.3 Å². The summed E-state index contributed by atoms with van der Waals surface area (Å²) in [6.45, 7) is 8.10. The van der Waals surface area contributed by atoms with Gasteiger partial charge in [0.25, 0.3) is 10.0 Å². The molecule has 1 aliphatic heterocycles. The zero-order chi connectivity index (χ0) is 25.5. The summed E-state index contributed by atoms with van der Waals surface area (Å²) in [7, 11) is -1.58. The Kier molecular flexibility index (Phi) is 9.19. The van der Waals surface area contributed by atoms with Gasteiger partial charge >= 0.3 is 0 Å². The molecule has 1 aliphatic rings. The Morgan fingerprint density at radius 1 is 1.17 bits per heavy atom. The van der Waals surface area contributed by atoms with Gasteiger partial charge < -0.3 is 30.0 Å². The van der Waals surface area contributed by atoms with Gasteiger partial charge in [-0.3, -0.25) is 0 Å². The molecule has 198 valence electrons. The molecule has 0 spiro atoms. The molecule has 0 aliphatic carbocycles. The minimum Gasteiger partial charge on any atom is -0.504 e. The predicted molar refractivity (Wildman–Crippen MR) is 143 cm³/mol. The Bertz CT molecular complexity index is 1220. The number of hydrogen-bond acceptors (Lipinski definition) is 12. The van der Waals surface area contributed by atoms with Gasteiger partial charge in [0.05, 0.1) is 30.2 Å². The topological polar surface area (TPSA) is 136 Å². The standard InChI is InChI=1S/C22H33N7O4S3/c1-3-24-36(31,32)22-19(30)18(15-34-22)25-21-20(26-35-27-21)23-13-17-12-16(14-33-17)6-4-5-7-29-10-8-28(2)9-11-29/h12,14-15,24,30H,3-11,13H2,1-2H3,(H,23,26)(H,25,27). The van der Waals surface area contributed by atoms with E-state index in [1.54, 1.807) is 13.2 Å². The minimum absolute atomic E-state index is 0.142. The molecule has 3 aromatic heterocycles. The molecule has 36 heavy (non-hydrogen) atoms. The molecule has 0 bridgehead atoms. The Balaban J connectivity index is 1.25. The molecule has 0 unspecified atom stereocenters. The van der Waals surface area contributed by atoms with Crippen molar-refractivity contribution in [3.63, 3.8) is 0 Å². The van der Waals surface area contributed by atoms with E-state index in [9.17, 15) is 13.5 Å². The molecular formula is C22H33N7O4S3. The van der Waals surface area contributed by atoms with Crippen LogP contribution in [0.5, 0.6) is 5.75 Å². The molecule has 11 nitrogen and oxygen atoms in total. The van der Waals surface area contributed by atoms with Gasteiger partial charge in [0.1, 0.15) is 5.76 Å². The highest BCUT2D eigenvalue weighted by molar-refractivity contribution is 7.91. The summed E-state index contributed by atoms with van der Waals surface area (Å²) in [6, 6.07) is 2.05. The first-order valence-corrected chi connectivity index (χ1v) is 15.1. The van der Waals surface area contributed by atoms with Gasteiger partial charge in [-0.25, -0.2) is 13.1 Å². The third kappa shape index (κ3) is 6.95. The van der Waals surface area contributed by atoms with Gasteiger partial charge in [-0.2, -0.15) is 8.75 Å². The van der Waals surface area contributed by atoms with E-state index in [0.717, 1.165) is 74.4 Å². The van der Waals surface area contributed by atoms with Crippen LogP contribution in [0.2, 0.25) is 0 Å². The number of sulfonamides is 1. The second-order valence-electron chi connectivity index (χ2n) is 8.75. The van der Waals surface area contributed by atoms with Gasteiger partial charge in [-0.15, -0.1) is 11.3 Å². The van der Waals surface area contributed by atoms with Crippen molar-refractivity contribution >= 4 is 50.4 Å².